The Balaban J connectivity index is 2.07. The van der Waals surface area contributed by atoms with Crippen LogP contribution < -0.4 is 10.5 Å². The van der Waals surface area contributed by atoms with Crippen LogP contribution in [-0.2, 0) is 16.0 Å². The predicted molar refractivity (Wildman–Crippen MR) is 73.1 cm³/mol. The molecule has 0 unspecified atom stereocenters. The van der Waals surface area contributed by atoms with Crippen LogP contribution in [0.4, 0.5) is 5.69 Å². The number of benzene rings is 2. The van der Waals surface area contributed by atoms with E-state index in [0.29, 0.717) is 17.2 Å². The van der Waals surface area contributed by atoms with Crippen molar-refractivity contribution < 1.29 is 14.3 Å². The van der Waals surface area contributed by atoms with Crippen molar-refractivity contribution >= 4 is 11.7 Å². The molecule has 0 spiro atoms. The maximum Gasteiger partial charge on any atom is 0.309 e. The number of nitrogens with two attached hydrogens (primary N) is 1. The van der Waals surface area contributed by atoms with Gasteiger partial charge in [-0.25, -0.2) is 0 Å². The lowest BCUT2D eigenvalue weighted by molar-refractivity contribution is -0.139. The summed E-state index contributed by atoms with van der Waals surface area (Å²) in [4.78, 5) is 11.1. The third kappa shape index (κ3) is 3.48. The summed E-state index contributed by atoms with van der Waals surface area (Å²) in [6.45, 7) is 0. The van der Waals surface area contributed by atoms with Gasteiger partial charge in [-0.3, -0.25) is 4.79 Å². The van der Waals surface area contributed by atoms with Crippen LogP contribution in [-0.4, -0.2) is 13.1 Å². The average Bonchev–Trinajstić information content (AvgIpc) is 2.43. The summed E-state index contributed by atoms with van der Waals surface area (Å²) < 4.78 is 10.3. The molecule has 0 aromatic heterocycles. The van der Waals surface area contributed by atoms with E-state index in [-0.39, 0.29) is 12.4 Å². The molecule has 0 aliphatic carbocycles. The van der Waals surface area contributed by atoms with Gasteiger partial charge in [0.05, 0.1) is 19.2 Å². The molecule has 0 atom stereocenters. The van der Waals surface area contributed by atoms with Gasteiger partial charge in [-0.15, -0.1) is 0 Å². The molecule has 0 amide bonds. The van der Waals surface area contributed by atoms with Crippen LogP contribution in [0.5, 0.6) is 11.5 Å². The molecule has 2 aromatic rings. The molecule has 0 radical (unpaired) electrons. The summed E-state index contributed by atoms with van der Waals surface area (Å²) in [5.41, 5.74) is 7.26. The van der Waals surface area contributed by atoms with Crippen LogP contribution in [0, 0.1) is 0 Å². The molecule has 98 valence electrons. The zero-order valence-electron chi connectivity index (χ0n) is 10.6. The van der Waals surface area contributed by atoms with E-state index in [4.69, 9.17) is 10.5 Å². The molecular formula is C15H15NO3. The molecule has 19 heavy (non-hydrogen) atoms. The highest BCUT2D eigenvalue weighted by Crippen LogP contribution is 2.26. The Bertz CT molecular complexity index is 564. The maximum absolute atomic E-state index is 11.1. The van der Waals surface area contributed by atoms with E-state index in [0.717, 1.165) is 5.56 Å². The Morgan fingerprint density at radius 3 is 2.42 bits per heavy atom. The number of carbonyl (C=O) groups is 1. The lowest BCUT2D eigenvalue weighted by Gasteiger charge is -2.08. The maximum atomic E-state index is 11.1. The van der Waals surface area contributed by atoms with Gasteiger partial charge in [0.2, 0.25) is 0 Å². The van der Waals surface area contributed by atoms with E-state index < -0.39 is 0 Å². The SMILES string of the molecule is COC(=O)Cc1ccc(Oc2ccccc2N)cc1. The molecule has 4 heteroatoms. The minimum absolute atomic E-state index is 0.254. The van der Waals surface area contributed by atoms with Gasteiger partial charge in [0.15, 0.2) is 0 Å². The van der Waals surface area contributed by atoms with Crippen LogP contribution in [0.1, 0.15) is 5.56 Å². The Kier molecular flexibility index (Phi) is 4.03. The molecule has 0 bridgehead atoms. The van der Waals surface area contributed by atoms with Crippen molar-refractivity contribution in [2.45, 2.75) is 6.42 Å². The molecule has 2 rings (SSSR count). The summed E-state index contributed by atoms with van der Waals surface area (Å²) in [7, 11) is 1.37. The smallest absolute Gasteiger partial charge is 0.309 e. The van der Waals surface area contributed by atoms with E-state index in [2.05, 4.69) is 4.74 Å². The predicted octanol–water partition coefficient (Wildman–Crippen LogP) is 2.78. The standard InChI is InChI=1S/C15H15NO3/c1-18-15(17)10-11-6-8-12(9-7-11)19-14-5-3-2-4-13(14)16/h2-9H,10,16H2,1H3. The zero-order chi connectivity index (χ0) is 13.7. The Hall–Kier alpha value is -2.49. The van der Waals surface area contributed by atoms with Crippen LogP contribution >= 0.6 is 0 Å². The zero-order valence-corrected chi connectivity index (χ0v) is 10.6. The minimum Gasteiger partial charge on any atom is -0.469 e. The van der Waals surface area contributed by atoms with E-state index in [1.807, 2.05) is 24.3 Å². The Morgan fingerprint density at radius 1 is 1.11 bits per heavy atom. The van der Waals surface area contributed by atoms with Crippen molar-refractivity contribution in [1.29, 1.82) is 0 Å². The molecule has 0 fully saturated rings. The fourth-order valence-corrected chi connectivity index (χ4v) is 1.61. The summed E-state index contributed by atoms with van der Waals surface area (Å²) >= 11 is 0. The van der Waals surface area contributed by atoms with Crippen molar-refractivity contribution in [2.75, 3.05) is 12.8 Å². The van der Waals surface area contributed by atoms with Crippen molar-refractivity contribution in [1.82, 2.24) is 0 Å². The molecule has 0 aliphatic rings. The normalized spacial score (nSPS) is 9.95. The molecule has 2 aromatic carbocycles. The van der Waals surface area contributed by atoms with Gasteiger partial charge in [0.1, 0.15) is 11.5 Å². The average molecular weight is 257 g/mol. The quantitative estimate of drug-likeness (QED) is 0.675. The molecular weight excluding hydrogens is 242 g/mol. The summed E-state index contributed by atoms with van der Waals surface area (Å²) in [5.74, 6) is 1.02. The van der Waals surface area contributed by atoms with Gasteiger partial charge in [0.25, 0.3) is 0 Å². The van der Waals surface area contributed by atoms with Gasteiger partial charge in [-0.05, 0) is 29.8 Å². The first kappa shape index (κ1) is 13.0. The van der Waals surface area contributed by atoms with E-state index in [9.17, 15) is 4.79 Å². The largest absolute Gasteiger partial charge is 0.469 e. The fourth-order valence-electron chi connectivity index (χ4n) is 1.61. The highest BCUT2D eigenvalue weighted by Gasteiger charge is 2.04. The number of carbonyl (C=O) groups excluding carboxylic acids is 1. The highest BCUT2D eigenvalue weighted by atomic mass is 16.5. The Morgan fingerprint density at radius 2 is 1.79 bits per heavy atom. The second kappa shape index (κ2) is 5.91. The molecule has 4 nitrogen and oxygen atoms in total. The van der Waals surface area contributed by atoms with Crippen LogP contribution in [0.3, 0.4) is 0 Å². The summed E-state index contributed by atoms with van der Waals surface area (Å²) in [6.07, 6.45) is 0.254. The number of anilines is 1. The van der Waals surface area contributed by atoms with E-state index in [1.54, 1.807) is 24.3 Å². The van der Waals surface area contributed by atoms with Gasteiger partial charge in [-0.2, -0.15) is 0 Å². The first-order valence-electron chi connectivity index (χ1n) is 5.87. The number of para-hydroxylation sites is 2. The number of methoxy groups -OCH3 is 1. The van der Waals surface area contributed by atoms with Crippen LogP contribution in [0.2, 0.25) is 0 Å². The molecule has 0 saturated heterocycles. The monoisotopic (exact) mass is 257 g/mol. The number of esters is 1. The van der Waals surface area contributed by atoms with Crippen molar-refractivity contribution in [2.24, 2.45) is 0 Å². The highest BCUT2D eigenvalue weighted by molar-refractivity contribution is 5.72. The Labute approximate surface area is 111 Å². The minimum atomic E-state index is -0.263. The second-order valence-electron chi connectivity index (χ2n) is 4.04. The van der Waals surface area contributed by atoms with Crippen molar-refractivity contribution in [3.63, 3.8) is 0 Å². The van der Waals surface area contributed by atoms with Gasteiger partial charge < -0.3 is 15.2 Å². The molecule has 2 N–H and O–H groups in total. The van der Waals surface area contributed by atoms with E-state index >= 15 is 0 Å². The third-order valence-electron chi connectivity index (χ3n) is 2.65. The lowest BCUT2D eigenvalue weighted by atomic mass is 10.1. The summed E-state index contributed by atoms with van der Waals surface area (Å²) in [6, 6.07) is 14.5. The number of hydrogen-bond donors (Lipinski definition) is 1. The third-order valence-corrected chi connectivity index (χ3v) is 2.65. The number of ether oxygens (including phenoxy) is 2. The molecule has 0 aliphatic heterocycles. The van der Waals surface area contributed by atoms with Crippen LogP contribution in [0.15, 0.2) is 48.5 Å². The first-order valence-corrected chi connectivity index (χ1v) is 5.87. The van der Waals surface area contributed by atoms with E-state index in [1.165, 1.54) is 7.11 Å². The van der Waals surface area contributed by atoms with Gasteiger partial charge in [-0.1, -0.05) is 24.3 Å². The molecule has 0 saturated carbocycles. The molecule has 0 heterocycles. The first-order chi connectivity index (χ1) is 9.19. The summed E-state index contributed by atoms with van der Waals surface area (Å²) in [5, 5.41) is 0. The fraction of sp³-hybridized carbons (Fsp3) is 0.133. The second-order valence-corrected chi connectivity index (χ2v) is 4.04. The number of nitrogen functional groups attached to an aromatic ring is 1. The van der Waals surface area contributed by atoms with Gasteiger partial charge in [0, 0.05) is 0 Å². The number of hydrogen-bond acceptors (Lipinski definition) is 4. The van der Waals surface area contributed by atoms with Gasteiger partial charge >= 0.3 is 5.97 Å². The lowest BCUT2D eigenvalue weighted by Crippen LogP contribution is -2.04. The number of rotatable bonds is 4. The van der Waals surface area contributed by atoms with Crippen LogP contribution in [0.25, 0.3) is 0 Å². The van der Waals surface area contributed by atoms with Crippen molar-refractivity contribution in [3.05, 3.63) is 54.1 Å². The van der Waals surface area contributed by atoms with Crippen molar-refractivity contribution in [3.8, 4) is 11.5 Å². The topological polar surface area (TPSA) is 61.5 Å².